The van der Waals surface area contributed by atoms with Gasteiger partial charge in [0.05, 0.1) is 6.10 Å². The summed E-state index contributed by atoms with van der Waals surface area (Å²) in [6.45, 7) is 1.75. The summed E-state index contributed by atoms with van der Waals surface area (Å²) in [5.41, 5.74) is 1.03. The molecule has 13 heavy (non-hydrogen) atoms. The van der Waals surface area contributed by atoms with Crippen molar-refractivity contribution in [3.8, 4) is 0 Å². The van der Waals surface area contributed by atoms with Crippen LogP contribution in [-0.4, -0.2) is 11.2 Å². The van der Waals surface area contributed by atoms with E-state index in [0.717, 1.165) is 16.5 Å². The highest BCUT2D eigenvalue weighted by molar-refractivity contribution is 9.10. The Hall–Kier alpha value is -0.410. The maximum atomic E-state index is 12.7. The zero-order chi connectivity index (χ0) is 9.84. The summed E-state index contributed by atoms with van der Waals surface area (Å²) in [6, 6.07) is 4.61. The molecule has 0 amide bonds. The lowest BCUT2D eigenvalue weighted by Crippen LogP contribution is -2.01. The molecular weight excluding hydrogens is 235 g/mol. The lowest BCUT2D eigenvalue weighted by atomic mass is 10.1. The van der Waals surface area contributed by atoms with Crippen molar-refractivity contribution in [1.82, 2.24) is 0 Å². The predicted molar refractivity (Wildman–Crippen MR) is 54.1 cm³/mol. The molecule has 0 aromatic heterocycles. The Morgan fingerprint density at radius 3 is 2.77 bits per heavy atom. The smallest absolute Gasteiger partial charge is 0.124 e. The molecular formula is C10H12BrFO. The molecule has 1 atom stereocenters. The van der Waals surface area contributed by atoms with Gasteiger partial charge in [0.2, 0.25) is 0 Å². The number of aliphatic hydroxyl groups excluding tert-OH is 1. The molecule has 72 valence electrons. The van der Waals surface area contributed by atoms with Crippen LogP contribution in [0.5, 0.6) is 0 Å². The van der Waals surface area contributed by atoms with E-state index in [4.69, 9.17) is 5.11 Å². The van der Waals surface area contributed by atoms with Crippen molar-refractivity contribution < 1.29 is 9.50 Å². The van der Waals surface area contributed by atoms with Crippen molar-refractivity contribution >= 4 is 15.9 Å². The summed E-state index contributed by atoms with van der Waals surface area (Å²) in [6.07, 6.45) is 1.15. The van der Waals surface area contributed by atoms with Crippen molar-refractivity contribution in [2.24, 2.45) is 0 Å². The summed E-state index contributed by atoms with van der Waals surface area (Å²) in [5, 5.41) is 9.07. The van der Waals surface area contributed by atoms with Gasteiger partial charge in [-0.2, -0.15) is 0 Å². The molecule has 0 saturated heterocycles. The van der Waals surface area contributed by atoms with Crippen molar-refractivity contribution in [1.29, 1.82) is 0 Å². The Labute approximate surface area is 85.7 Å². The molecule has 1 aromatic carbocycles. The van der Waals surface area contributed by atoms with Gasteiger partial charge in [-0.05, 0) is 37.5 Å². The van der Waals surface area contributed by atoms with Crippen LogP contribution >= 0.6 is 15.9 Å². The second-order valence-electron chi connectivity index (χ2n) is 3.12. The van der Waals surface area contributed by atoms with Crippen LogP contribution in [-0.2, 0) is 6.42 Å². The molecule has 0 spiro atoms. The van der Waals surface area contributed by atoms with E-state index < -0.39 is 0 Å². The number of benzene rings is 1. The highest BCUT2D eigenvalue weighted by Crippen LogP contribution is 2.19. The van der Waals surface area contributed by atoms with E-state index in [2.05, 4.69) is 15.9 Å². The van der Waals surface area contributed by atoms with Gasteiger partial charge in [-0.1, -0.05) is 22.0 Å². The molecule has 1 N–H and O–H groups in total. The predicted octanol–water partition coefficient (Wildman–Crippen LogP) is 2.90. The highest BCUT2D eigenvalue weighted by Gasteiger charge is 2.03. The molecule has 0 aliphatic carbocycles. The molecule has 0 fully saturated rings. The fourth-order valence-corrected chi connectivity index (χ4v) is 1.64. The monoisotopic (exact) mass is 246 g/mol. The zero-order valence-electron chi connectivity index (χ0n) is 7.43. The van der Waals surface area contributed by atoms with Gasteiger partial charge < -0.3 is 5.11 Å². The number of hydrogen-bond donors (Lipinski definition) is 1. The topological polar surface area (TPSA) is 20.2 Å². The number of hydrogen-bond acceptors (Lipinski definition) is 1. The van der Waals surface area contributed by atoms with Gasteiger partial charge in [0, 0.05) is 4.47 Å². The summed E-state index contributed by atoms with van der Waals surface area (Å²) in [5.74, 6) is -0.243. The van der Waals surface area contributed by atoms with Crippen LogP contribution in [0.1, 0.15) is 18.9 Å². The number of aryl methyl sites for hydroxylation is 1. The minimum atomic E-state index is -0.308. The molecule has 0 unspecified atom stereocenters. The fraction of sp³-hybridized carbons (Fsp3) is 0.400. The summed E-state index contributed by atoms with van der Waals surface area (Å²) < 4.78 is 13.4. The van der Waals surface area contributed by atoms with E-state index in [-0.39, 0.29) is 11.9 Å². The van der Waals surface area contributed by atoms with Gasteiger partial charge in [0.25, 0.3) is 0 Å². The zero-order valence-corrected chi connectivity index (χ0v) is 9.01. The first-order chi connectivity index (χ1) is 6.09. The average molecular weight is 247 g/mol. The van der Waals surface area contributed by atoms with Crippen molar-refractivity contribution in [2.75, 3.05) is 0 Å². The molecule has 1 rings (SSSR count). The van der Waals surface area contributed by atoms with Gasteiger partial charge >= 0.3 is 0 Å². The lowest BCUT2D eigenvalue weighted by Gasteiger charge is -2.06. The third-order valence-electron chi connectivity index (χ3n) is 1.85. The molecule has 0 radical (unpaired) electrons. The maximum absolute atomic E-state index is 12.7. The average Bonchev–Trinajstić information content (AvgIpc) is 2.02. The Morgan fingerprint density at radius 1 is 1.54 bits per heavy atom. The molecule has 3 heteroatoms. The van der Waals surface area contributed by atoms with Crippen LogP contribution in [0.25, 0.3) is 0 Å². The molecule has 0 aliphatic heterocycles. The molecule has 1 aromatic rings. The Bertz CT molecular complexity index is 286. The van der Waals surface area contributed by atoms with Gasteiger partial charge in [0.1, 0.15) is 5.82 Å². The second-order valence-corrected chi connectivity index (χ2v) is 3.98. The summed E-state index contributed by atoms with van der Waals surface area (Å²) in [7, 11) is 0. The molecule has 0 aliphatic rings. The number of aliphatic hydroxyl groups is 1. The van der Waals surface area contributed by atoms with Gasteiger partial charge in [0.15, 0.2) is 0 Å². The Morgan fingerprint density at radius 2 is 2.23 bits per heavy atom. The largest absolute Gasteiger partial charge is 0.393 e. The van der Waals surface area contributed by atoms with E-state index in [1.165, 1.54) is 12.1 Å². The SMILES string of the molecule is C[C@@H](O)CCc1ccc(F)cc1Br. The standard InChI is InChI=1S/C10H12BrFO/c1-7(13)2-3-8-4-5-9(12)6-10(8)11/h4-7,13H,2-3H2,1H3/t7-/m1/s1. The third kappa shape index (κ3) is 3.44. The minimum Gasteiger partial charge on any atom is -0.393 e. The Kier molecular flexibility index (Phi) is 3.88. The van der Waals surface area contributed by atoms with E-state index >= 15 is 0 Å². The van der Waals surface area contributed by atoms with E-state index in [9.17, 15) is 4.39 Å². The molecule has 0 bridgehead atoms. The van der Waals surface area contributed by atoms with E-state index in [0.29, 0.717) is 6.42 Å². The first kappa shape index (κ1) is 10.7. The van der Waals surface area contributed by atoms with Gasteiger partial charge in [-0.15, -0.1) is 0 Å². The Balaban J connectivity index is 2.67. The van der Waals surface area contributed by atoms with Crippen LogP contribution in [0.15, 0.2) is 22.7 Å². The number of rotatable bonds is 3. The van der Waals surface area contributed by atoms with Crippen LogP contribution in [0.2, 0.25) is 0 Å². The first-order valence-electron chi connectivity index (χ1n) is 4.21. The van der Waals surface area contributed by atoms with Gasteiger partial charge in [-0.3, -0.25) is 0 Å². The third-order valence-corrected chi connectivity index (χ3v) is 2.58. The van der Waals surface area contributed by atoms with Crippen molar-refractivity contribution in [3.05, 3.63) is 34.1 Å². The van der Waals surface area contributed by atoms with Crippen molar-refractivity contribution in [3.63, 3.8) is 0 Å². The fourth-order valence-electron chi connectivity index (χ4n) is 1.09. The second kappa shape index (κ2) is 4.72. The van der Waals surface area contributed by atoms with Crippen LogP contribution < -0.4 is 0 Å². The van der Waals surface area contributed by atoms with Crippen LogP contribution in [0.3, 0.4) is 0 Å². The highest BCUT2D eigenvalue weighted by atomic mass is 79.9. The summed E-state index contributed by atoms with van der Waals surface area (Å²) in [4.78, 5) is 0. The molecule has 0 saturated carbocycles. The summed E-state index contributed by atoms with van der Waals surface area (Å²) >= 11 is 3.28. The minimum absolute atomic E-state index is 0.243. The number of halogens is 2. The van der Waals surface area contributed by atoms with E-state index in [1.54, 1.807) is 13.0 Å². The molecule has 1 nitrogen and oxygen atoms in total. The van der Waals surface area contributed by atoms with Crippen LogP contribution in [0, 0.1) is 5.82 Å². The first-order valence-corrected chi connectivity index (χ1v) is 5.01. The quantitative estimate of drug-likeness (QED) is 0.870. The van der Waals surface area contributed by atoms with Crippen LogP contribution in [0.4, 0.5) is 4.39 Å². The lowest BCUT2D eigenvalue weighted by molar-refractivity contribution is 0.185. The van der Waals surface area contributed by atoms with Gasteiger partial charge in [-0.25, -0.2) is 4.39 Å². The molecule has 0 heterocycles. The normalized spacial score (nSPS) is 12.9. The van der Waals surface area contributed by atoms with Crippen molar-refractivity contribution in [2.45, 2.75) is 25.9 Å². The maximum Gasteiger partial charge on any atom is 0.124 e. The van der Waals surface area contributed by atoms with E-state index in [1.807, 2.05) is 0 Å².